The number of aromatic nitrogens is 4. The van der Waals surface area contributed by atoms with Crippen molar-refractivity contribution in [2.24, 2.45) is 0 Å². The molecule has 0 saturated carbocycles. The van der Waals surface area contributed by atoms with Crippen LogP contribution in [0.25, 0.3) is 11.0 Å². The Hall–Kier alpha value is -1.81. The number of fused-ring (bicyclic) bond motifs is 1. The molecule has 1 aliphatic rings. The second kappa shape index (κ2) is 4.38. The number of aliphatic hydroxyl groups excluding tert-OH is 3. The van der Waals surface area contributed by atoms with Gasteiger partial charge in [0.2, 0.25) is 0 Å². The number of rotatable bonds is 2. The molecule has 9 heteroatoms. The third-order valence-electron chi connectivity index (χ3n) is 3.18. The molecule has 0 spiro atoms. The average Bonchev–Trinajstić information content (AvgIpc) is 2.94. The van der Waals surface area contributed by atoms with Gasteiger partial charge in [-0.15, -0.1) is 0 Å². The van der Waals surface area contributed by atoms with Gasteiger partial charge >= 0.3 is 0 Å². The maximum absolute atomic E-state index is 9.94. The van der Waals surface area contributed by atoms with E-state index in [2.05, 4.69) is 15.1 Å². The van der Waals surface area contributed by atoms with Crippen LogP contribution in [0.3, 0.4) is 0 Å². The van der Waals surface area contributed by atoms with Gasteiger partial charge in [-0.2, -0.15) is 5.10 Å². The number of hydrogen-bond acceptors (Lipinski definition) is 8. The Kier molecular flexibility index (Phi) is 2.82. The lowest BCUT2D eigenvalue weighted by atomic mass is 10.1. The topological polar surface area (TPSA) is 140 Å². The fourth-order valence-corrected chi connectivity index (χ4v) is 2.15. The van der Waals surface area contributed by atoms with Crippen molar-refractivity contribution in [2.75, 3.05) is 12.3 Å². The quantitative estimate of drug-likeness (QED) is 0.491. The molecule has 0 aromatic carbocycles. The molecule has 4 atom stereocenters. The number of hydrogen-bond donors (Lipinski definition) is 4. The van der Waals surface area contributed by atoms with Gasteiger partial charge in [0.25, 0.3) is 0 Å². The van der Waals surface area contributed by atoms with E-state index in [1.807, 2.05) is 0 Å². The summed E-state index contributed by atoms with van der Waals surface area (Å²) in [7, 11) is 0. The minimum atomic E-state index is -1.21. The Morgan fingerprint density at radius 1 is 1.32 bits per heavy atom. The molecule has 19 heavy (non-hydrogen) atoms. The summed E-state index contributed by atoms with van der Waals surface area (Å²) >= 11 is 0. The molecule has 1 fully saturated rings. The van der Waals surface area contributed by atoms with Gasteiger partial charge in [-0.25, -0.2) is 14.6 Å². The molecule has 1 saturated heterocycles. The predicted octanol–water partition coefficient (Wildman–Crippen LogP) is -1.98. The highest BCUT2D eigenvalue weighted by Crippen LogP contribution is 2.31. The summed E-state index contributed by atoms with van der Waals surface area (Å²) in [4.78, 5) is 7.86. The van der Waals surface area contributed by atoms with Crippen molar-refractivity contribution < 1.29 is 20.1 Å². The van der Waals surface area contributed by atoms with Crippen molar-refractivity contribution in [3.8, 4) is 0 Å². The third-order valence-corrected chi connectivity index (χ3v) is 3.18. The van der Waals surface area contributed by atoms with Gasteiger partial charge in [-0.1, -0.05) is 0 Å². The maximum Gasteiger partial charge on any atom is 0.181 e. The number of aliphatic hydroxyl groups is 3. The highest BCUT2D eigenvalue weighted by atomic mass is 16.6. The van der Waals surface area contributed by atoms with E-state index in [1.54, 1.807) is 0 Å². The van der Waals surface area contributed by atoms with Crippen LogP contribution in [0.2, 0.25) is 0 Å². The highest BCUT2D eigenvalue weighted by Gasteiger charge is 2.44. The lowest BCUT2D eigenvalue weighted by Crippen LogP contribution is -2.33. The van der Waals surface area contributed by atoms with Gasteiger partial charge in [-0.05, 0) is 0 Å². The molecule has 1 aliphatic heterocycles. The summed E-state index contributed by atoms with van der Waals surface area (Å²) < 4.78 is 6.69. The predicted molar refractivity (Wildman–Crippen MR) is 62.7 cm³/mol. The minimum Gasteiger partial charge on any atom is -0.394 e. The summed E-state index contributed by atoms with van der Waals surface area (Å²) in [5, 5.41) is 33.3. The Bertz CT molecular complexity index is 603. The van der Waals surface area contributed by atoms with Crippen LogP contribution < -0.4 is 5.73 Å². The molecule has 0 unspecified atom stereocenters. The van der Waals surface area contributed by atoms with Crippen molar-refractivity contribution in [2.45, 2.75) is 24.5 Å². The van der Waals surface area contributed by atoms with E-state index in [-0.39, 0.29) is 5.82 Å². The van der Waals surface area contributed by atoms with Gasteiger partial charge in [-0.3, -0.25) is 0 Å². The van der Waals surface area contributed by atoms with E-state index in [0.29, 0.717) is 11.0 Å². The van der Waals surface area contributed by atoms with Gasteiger partial charge in [0.1, 0.15) is 30.5 Å². The van der Waals surface area contributed by atoms with E-state index in [1.165, 1.54) is 17.2 Å². The van der Waals surface area contributed by atoms with Crippen molar-refractivity contribution in [1.82, 2.24) is 19.7 Å². The molecule has 0 radical (unpaired) electrons. The van der Waals surface area contributed by atoms with Crippen LogP contribution in [0.4, 0.5) is 5.82 Å². The van der Waals surface area contributed by atoms with E-state index in [9.17, 15) is 10.2 Å². The Morgan fingerprint density at radius 2 is 2.11 bits per heavy atom. The zero-order valence-electron chi connectivity index (χ0n) is 9.79. The summed E-state index contributed by atoms with van der Waals surface area (Å²) in [5.74, 6) is 0.267. The fourth-order valence-electron chi connectivity index (χ4n) is 2.15. The second-order valence-corrected chi connectivity index (χ2v) is 4.31. The monoisotopic (exact) mass is 267 g/mol. The lowest BCUT2D eigenvalue weighted by molar-refractivity contribution is -0.0566. The smallest absolute Gasteiger partial charge is 0.181 e. The van der Waals surface area contributed by atoms with Crippen LogP contribution in [0, 0.1) is 0 Å². The molecule has 2 aromatic rings. The molecule has 3 heterocycles. The molecule has 0 amide bonds. The molecule has 3 rings (SSSR count). The highest BCUT2D eigenvalue weighted by molar-refractivity contribution is 5.84. The largest absolute Gasteiger partial charge is 0.394 e. The number of nitrogens with zero attached hydrogens (tertiary/aromatic N) is 4. The van der Waals surface area contributed by atoms with Crippen LogP contribution in [0.1, 0.15) is 6.23 Å². The zero-order valence-corrected chi connectivity index (χ0v) is 9.79. The first-order valence-corrected chi connectivity index (χ1v) is 5.69. The van der Waals surface area contributed by atoms with E-state index in [0.717, 1.165) is 0 Å². The van der Waals surface area contributed by atoms with Crippen molar-refractivity contribution in [1.29, 1.82) is 0 Å². The molecule has 5 N–H and O–H groups in total. The molecular weight excluding hydrogens is 254 g/mol. The molecular formula is C10H13N5O4. The molecule has 0 aliphatic carbocycles. The first-order valence-electron chi connectivity index (χ1n) is 5.69. The number of nitrogens with two attached hydrogens (primary N) is 1. The van der Waals surface area contributed by atoms with Crippen molar-refractivity contribution in [3.63, 3.8) is 0 Å². The van der Waals surface area contributed by atoms with E-state index >= 15 is 0 Å². The summed E-state index contributed by atoms with van der Waals surface area (Å²) in [6, 6.07) is 0. The maximum atomic E-state index is 9.94. The summed E-state index contributed by atoms with van der Waals surface area (Å²) in [5.41, 5.74) is 6.08. The number of nitrogen functional groups attached to an aromatic ring is 1. The fraction of sp³-hybridized carbons (Fsp3) is 0.500. The molecule has 102 valence electrons. The van der Waals surface area contributed by atoms with E-state index < -0.39 is 31.1 Å². The SMILES string of the molecule is Nc1ncnc2c1cnn2[C@@H]1O[C@H](CO)[C@@H](O)[C@H]1O. The Labute approximate surface area is 107 Å². The van der Waals surface area contributed by atoms with Crippen LogP contribution >= 0.6 is 0 Å². The Balaban J connectivity index is 2.04. The Morgan fingerprint density at radius 3 is 2.79 bits per heavy atom. The number of anilines is 1. The summed E-state index contributed by atoms with van der Waals surface area (Å²) in [6.07, 6.45) is -1.46. The number of ether oxygens (including phenoxy) is 1. The third kappa shape index (κ3) is 1.75. The average molecular weight is 267 g/mol. The van der Waals surface area contributed by atoms with Crippen LogP contribution in [-0.4, -0.2) is 60.0 Å². The first-order chi connectivity index (χ1) is 9.13. The van der Waals surface area contributed by atoms with Gasteiger partial charge in [0.15, 0.2) is 11.9 Å². The van der Waals surface area contributed by atoms with Gasteiger partial charge in [0, 0.05) is 0 Å². The zero-order chi connectivity index (χ0) is 13.6. The van der Waals surface area contributed by atoms with Gasteiger partial charge < -0.3 is 25.8 Å². The van der Waals surface area contributed by atoms with Crippen LogP contribution in [0.15, 0.2) is 12.5 Å². The normalized spacial score (nSPS) is 31.1. The van der Waals surface area contributed by atoms with Crippen LogP contribution in [-0.2, 0) is 4.74 Å². The van der Waals surface area contributed by atoms with E-state index in [4.69, 9.17) is 15.6 Å². The molecule has 9 nitrogen and oxygen atoms in total. The lowest BCUT2D eigenvalue weighted by Gasteiger charge is -2.15. The van der Waals surface area contributed by atoms with Gasteiger partial charge in [0.05, 0.1) is 18.2 Å². The standard InChI is InChI=1S/C10H13N5O4/c11-8-4-1-14-15(9(4)13-3-12-8)10-7(18)6(17)5(2-16)19-10/h1,3,5-7,10,16-18H,2H2,(H2,11,12,13)/t5-,6-,7-,10-/m1/s1. The van der Waals surface area contributed by atoms with Crippen LogP contribution in [0.5, 0.6) is 0 Å². The molecule has 2 aromatic heterocycles. The minimum absolute atomic E-state index is 0.267. The second-order valence-electron chi connectivity index (χ2n) is 4.31. The summed E-state index contributed by atoms with van der Waals surface area (Å²) in [6.45, 7) is -0.398. The van der Waals surface area contributed by atoms with Crippen molar-refractivity contribution in [3.05, 3.63) is 12.5 Å². The van der Waals surface area contributed by atoms with Crippen molar-refractivity contribution >= 4 is 16.9 Å². The molecule has 0 bridgehead atoms. The first kappa shape index (κ1) is 12.2.